The molecule has 0 atom stereocenters. The molecule has 0 unspecified atom stereocenters. The lowest BCUT2D eigenvalue weighted by molar-refractivity contribution is -0.132. The maximum atomic E-state index is 10.1. The summed E-state index contributed by atoms with van der Waals surface area (Å²) in [5.41, 5.74) is 0.245. The summed E-state index contributed by atoms with van der Waals surface area (Å²) in [7, 11) is 0. The highest BCUT2D eigenvalue weighted by Crippen LogP contribution is 2.01. The van der Waals surface area contributed by atoms with Crippen LogP contribution in [0.1, 0.15) is 12.8 Å². The van der Waals surface area contributed by atoms with Crippen molar-refractivity contribution >= 4 is 5.97 Å². The predicted octanol–water partition coefficient (Wildman–Crippen LogP) is 2.95. The van der Waals surface area contributed by atoms with Crippen LogP contribution in [-0.4, -0.2) is 11.1 Å². The topological polar surface area (TPSA) is 37.3 Å². The maximum Gasteiger partial charge on any atom is 0.330 e. The van der Waals surface area contributed by atoms with Gasteiger partial charge in [0, 0.05) is 5.57 Å². The van der Waals surface area contributed by atoms with E-state index >= 15 is 0 Å². The molecule has 0 aliphatic heterocycles. The molecule has 0 saturated heterocycles. The molecule has 72 valence electrons. The van der Waals surface area contributed by atoms with E-state index in [-0.39, 0.29) is 5.57 Å². The Hall–Kier alpha value is -1.57. The largest absolute Gasteiger partial charge is 0.478 e. The zero-order valence-electron chi connectivity index (χ0n) is 7.83. The molecule has 2 nitrogen and oxygen atoms in total. The highest BCUT2D eigenvalue weighted by molar-refractivity contribution is 5.85. The molecule has 0 aromatic carbocycles. The van der Waals surface area contributed by atoms with Crippen LogP contribution < -0.4 is 0 Å². The molecule has 2 heteroatoms. The molecule has 0 amide bonds. The monoisotopic (exact) mass is 180 g/mol. The van der Waals surface area contributed by atoms with Gasteiger partial charge in [-0.25, -0.2) is 4.79 Å². The van der Waals surface area contributed by atoms with E-state index in [1.807, 2.05) is 0 Å². The van der Waals surface area contributed by atoms with Crippen LogP contribution in [0.3, 0.4) is 0 Å². The summed E-state index contributed by atoms with van der Waals surface area (Å²) in [5, 5.41) is 8.27. The Labute approximate surface area is 79.6 Å². The van der Waals surface area contributed by atoms with E-state index in [9.17, 15) is 4.79 Å². The van der Waals surface area contributed by atoms with Crippen molar-refractivity contribution in [1.82, 2.24) is 0 Å². The molecule has 13 heavy (non-hydrogen) atoms. The van der Waals surface area contributed by atoms with Crippen LogP contribution in [-0.2, 0) is 4.79 Å². The summed E-state index contributed by atoms with van der Waals surface area (Å²) in [6.07, 6.45) is 6.14. The molecule has 0 rings (SSSR count). The first kappa shape index (κ1) is 14.0. The molecule has 0 heterocycles. The van der Waals surface area contributed by atoms with Gasteiger partial charge >= 0.3 is 5.97 Å². The lowest BCUT2D eigenvalue weighted by atomic mass is 10.2. The van der Waals surface area contributed by atoms with Crippen molar-refractivity contribution in [3.05, 3.63) is 50.1 Å². The fraction of sp³-hybridized carbons (Fsp3) is 0.182. The normalized spacial score (nSPS) is 7.38. The van der Waals surface area contributed by atoms with Crippen LogP contribution in [0.25, 0.3) is 0 Å². The summed E-state index contributed by atoms with van der Waals surface area (Å²) in [4.78, 5) is 10.1. The van der Waals surface area contributed by atoms with E-state index in [1.165, 1.54) is 0 Å². The number of hydrogen-bond donors (Lipinski definition) is 1. The van der Waals surface area contributed by atoms with Crippen LogP contribution in [0.5, 0.6) is 0 Å². The number of carbonyl (C=O) groups is 1. The van der Waals surface area contributed by atoms with Gasteiger partial charge in [0.2, 0.25) is 0 Å². The van der Waals surface area contributed by atoms with E-state index in [0.717, 1.165) is 0 Å². The van der Waals surface area contributed by atoms with Gasteiger partial charge < -0.3 is 5.11 Å². The Morgan fingerprint density at radius 3 is 1.92 bits per heavy atom. The average Bonchev–Trinajstić information content (AvgIpc) is 2.14. The number of carboxylic acid groups (broad SMARTS) is 1. The Kier molecular flexibility index (Phi) is 11.2. The van der Waals surface area contributed by atoms with Gasteiger partial charge in [-0.3, -0.25) is 0 Å². The van der Waals surface area contributed by atoms with E-state index < -0.39 is 5.97 Å². The maximum absolute atomic E-state index is 10.1. The van der Waals surface area contributed by atoms with Crippen LogP contribution in [0.2, 0.25) is 0 Å². The third-order valence-corrected chi connectivity index (χ3v) is 1.12. The van der Waals surface area contributed by atoms with Crippen LogP contribution in [0, 0.1) is 0 Å². The Balaban J connectivity index is 0. The molecule has 0 aliphatic carbocycles. The van der Waals surface area contributed by atoms with Gasteiger partial charge in [0.1, 0.15) is 0 Å². The first-order valence-electron chi connectivity index (χ1n) is 3.85. The highest BCUT2D eigenvalue weighted by Gasteiger charge is 1.99. The minimum atomic E-state index is -0.920. The summed E-state index contributed by atoms with van der Waals surface area (Å²) in [6, 6.07) is 0. The quantitative estimate of drug-likeness (QED) is 0.401. The standard InChI is InChI=1S/C7H10O2.C4H6/c1-3-4-5-6(2)7(8)9;1-3-4-2/h3H,1-2,4-5H2,(H,8,9);3-4H,1-2H2. The summed E-state index contributed by atoms with van der Waals surface area (Å²) < 4.78 is 0. The molecular formula is C11H16O2. The predicted molar refractivity (Wildman–Crippen MR) is 56.6 cm³/mol. The summed E-state index contributed by atoms with van der Waals surface area (Å²) in [6.45, 7) is 13.5. The van der Waals surface area contributed by atoms with Crippen molar-refractivity contribution in [2.24, 2.45) is 0 Å². The van der Waals surface area contributed by atoms with E-state index in [1.54, 1.807) is 18.2 Å². The van der Waals surface area contributed by atoms with Crippen molar-refractivity contribution in [3.63, 3.8) is 0 Å². The second kappa shape index (κ2) is 10.4. The fourth-order valence-corrected chi connectivity index (χ4v) is 0.383. The molecule has 0 bridgehead atoms. The Bertz CT molecular complexity index is 196. The molecule has 1 N–H and O–H groups in total. The molecule has 0 aromatic heterocycles. The van der Waals surface area contributed by atoms with Crippen molar-refractivity contribution in [1.29, 1.82) is 0 Å². The van der Waals surface area contributed by atoms with Crippen molar-refractivity contribution < 1.29 is 9.90 Å². The molecule has 0 saturated carbocycles. The first-order chi connectivity index (χ1) is 6.09. The molecule has 0 fully saturated rings. The fourth-order valence-electron chi connectivity index (χ4n) is 0.383. The number of allylic oxidation sites excluding steroid dienone is 3. The van der Waals surface area contributed by atoms with Crippen molar-refractivity contribution in [3.8, 4) is 0 Å². The molecular weight excluding hydrogens is 164 g/mol. The van der Waals surface area contributed by atoms with Crippen LogP contribution >= 0.6 is 0 Å². The van der Waals surface area contributed by atoms with Gasteiger partial charge in [-0.2, -0.15) is 0 Å². The average molecular weight is 180 g/mol. The number of rotatable bonds is 5. The van der Waals surface area contributed by atoms with Crippen LogP contribution in [0.15, 0.2) is 50.1 Å². The lowest BCUT2D eigenvalue weighted by Crippen LogP contribution is -1.97. The summed E-state index contributed by atoms with van der Waals surface area (Å²) in [5.74, 6) is -0.920. The third kappa shape index (κ3) is 13.4. The minimum absolute atomic E-state index is 0.245. The third-order valence-electron chi connectivity index (χ3n) is 1.12. The van der Waals surface area contributed by atoms with Crippen LogP contribution in [0.4, 0.5) is 0 Å². The van der Waals surface area contributed by atoms with Gasteiger partial charge in [0.25, 0.3) is 0 Å². The zero-order valence-corrected chi connectivity index (χ0v) is 7.83. The van der Waals surface area contributed by atoms with Crippen molar-refractivity contribution in [2.75, 3.05) is 0 Å². The van der Waals surface area contributed by atoms with E-state index in [4.69, 9.17) is 5.11 Å². The number of hydrogen-bond acceptors (Lipinski definition) is 1. The molecule has 0 radical (unpaired) electrons. The van der Waals surface area contributed by atoms with Gasteiger partial charge in [-0.1, -0.05) is 38.0 Å². The van der Waals surface area contributed by atoms with Gasteiger partial charge in [-0.05, 0) is 12.8 Å². The van der Waals surface area contributed by atoms with Gasteiger partial charge in [0.05, 0.1) is 0 Å². The van der Waals surface area contributed by atoms with E-state index in [2.05, 4.69) is 26.3 Å². The number of carboxylic acids is 1. The van der Waals surface area contributed by atoms with Gasteiger partial charge in [-0.15, -0.1) is 6.58 Å². The zero-order chi connectivity index (χ0) is 10.7. The molecule has 0 aliphatic rings. The number of aliphatic carboxylic acids is 1. The van der Waals surface area contributed by atoms with E-state index in [0.29, 0.717) is 12.8 Å². The highest BCUT2D eigenvalue weighted by atomic mass is 16.4. The smallest absolute Gasteiger partial charge is 0.330 e. The van der Waals surface area contributed by atoms with Crippen molar-refractivity contribution in [2.45, 2.75) is 12.8 Å². The van der Waals surface area contributed by atoms with Gasteiger partial charge in [0.15, 0.2) is 0 Å². The molecule has 0 aromatic rings. The second-order valence-corrected chi connectivity index (χ2v) is 2.21. The minimum Gasteiger partial charge on any atom is -0.478 e. The first-order valence-corrected chi connectivity index (χ1v) is 3.85. The Morgan fingerprint density at radius 1 is 1.23 bits per heavy atom. The Morgan fingerprint density at radius 2 is 1.69 bits per heavy atom. The summed E-state index contributed by atoms with van der Waals surface area (Å²) >= 11 is 0. The SMILES string of the molecule is C=CC=C.C=CCCC(=C)C(=O)O. The molecule has 0 spiro atoms. The lowest BCUT2D eigenvalue weighted by Gasteiger charge is -1.93. The second-order valence-electron chi connectivity index (χ2n) is 2.21.